The molecule has 0 radical (unpaired) electrons. The fourth-order valence-electron chi connectivity index (χ4n) is 1.17. The van der Waals surface area contributed by atoms with Crippen LogP contribution in [0.15, 0.2) is 0 Å². The lowest BCUT2D eigenvalue weighted by Gasteiger charge is -2.06. The zero-order valence-corrected chi connectivity index (χ0v) is 6.59. The maximum atomic E-state index is 11.0. The number of ether oxygens (including phenoxy) is 1. The summed E-state index contributed by atoms with van der Waals surface area (Å²) in [6.45, 7) is 1.86. The third-order valence-electron chi connectivity index (χ3n) is 1.72. The Bertz CT molecular complexity index is 182. The van der Waals surface area contributed by atoms with Crippen LogP contribution in [0.25, 0.3) is 0 Å². The fourth-order valence-corrected chi connectivity index (χ4v) is 1.17. The topological polar surface area (TPSA) is 55.4 Å². The molecule has 2 atom stereocenters. The number of Topliss-reactive ketones (excluding diaryl/α,β-unsaturated/α-hetero) is 1. The predicted octanol–water partition coefficient (Wildman–Crippen LogP) is -0.521. The molecule has 4 nitrogen and oxygen atoms in total. The highest BCUT2D eigenvalue weighted by Crippen LogP contribution is 2.08. The van der Waals surface area contributed by atoms with Crippen molar-refractivity contribution < 1.29 is 14.3 Å². The molecule has 0 saturated carbocycles. The second-order valence-corrected chi connectivity index (χ2v) is 2.69. The molecule has 0 spiro atoms. The van der Waals surface area contributed by atoms with Crippen LogP contribution in [0.1, 0.15) is 13.3 Å². The normalized spacial score (nSPS) is 30.5. The summed E-state index contributed by atoms with van der Waals surface area (Å²) >= 11 is 0. The summed E-state index contributed by atoms with van der Waals surface area (Å²) in [5.74, 6) is -0.566. The molecular weight excluding hydrogens is 146 g/mol. The molecule has 1 heterocycles. The van der Waals surface area contributed by atoms with Crippen molar-refractivity contribution in [3.8, 4) is 0 Å². The minimum absolute atomic E-state index is 0.0793. The summed E-state index contributed by atoms with van der Waals surface area (Å²) in [5, 5.41) is 2.83. The van der Waals surface area contributed by atoms with Crippen molar-refractivity contribution in [1.29, 1.82) is 0 Å². The molecule has 0 aromatic rings. The zero-order chi connectivity index (χ0) is 8.43. The number of carbonyl (C=O) groups excluding carboxylic acids is 2. The molecule has 0 aliphatic carbocycles. The van der Waals surface area contributed by atoms with Gasteiger partial charge in [0, 0.05) is 12.5 Å². The number of carbonyl (C=O) groups is 2. The van der Waals surface area contributed by atoms with Gasteiger partial charge >= 0.3 is 5.97 Å². The number of hydrogen-bond acceptors (Lipinski definition) is 4. The second kappa shape index (κ2) is 3.00. The molecule has 0 aromatic heterocycles. The number of ketones is 1. The van der Waals surface area contributed by atoms with E-state index in [0.717, 1.165) is 0 Å². The highest BCUT2D eigenvalue weighted by molar-refractivity contribution is 6.04. The monoisotopic (exact) mass is 157 g/mol. The van der Waals surface area contributed by atoms with E-state index in [1.54, 1.807) is 0 Å². The van der Waals surface area contributed by atoms with Crippen LogP contribution >= 0.6 is 0 Å². The molecule has 1 aliphatic rings. The molecule has 0 amide bonds. The summed E-state index contributed by atoms with van der Waals surface area (Å²) in [4.78, 5) is 21.9. The van der Waals surface area contributed by atoms with E-state index in [1.807, 2.05) is 6.92 Å². The van der Waals surface area contributed by atoms with Crippen molar-refractivity contribution in [3.63, 3.8) is 0 Å². The van der Waals surface area contributed by atoms with E-state index in [0.29, 0.717) is 6.42 Å². The van der Waals surface area contributed by atoms with Crippen molar-refractivity contribution in [2.24, 2.45) is 0 Å². The second-order valence-electron chi connectivity index (χ2n) is 2.69. The summed E-state index contributed by atoms with van der Waals surface area (Å²) < 4.78 is 4.43. The number of hydrogen-bond donors (Lipinski definition) is 1. The van der Waals surface area contributed by atoms with Gasteiger partial charge in [-0.1, -0.05) is 0 Å². The Morgan fingerprint density at radius 1 is 1.73 bits per heavy atom. The summed E-state index contributed by atoms with van der Waals surface area (Å²) in [5.41, 5.74) is 0. The summed E-state index contributed by atoms with van der Waals surface area (Å²) in [7, 11) is 1.28. The van der Waals surface area contributed by atoms with Crippen LogP contribution in [-0.4, -0.2) is 30.9 Å². The molecule has 0 aromatic carbocycles. The summed E-state index contributed by atoms with van der Waals surface area (Å²) in [6, 6.07) is -0.637. The van der Waals surface area contributed by atoms with Crippen LogP contribution in [0.4, 0.5) is 0 Å². The Hall–Kier alpha value is -0.900. The van der Waals surface area contributed by atoms with Gasteiger partial charge in [0.25, 0.3) is 0 Å². The molecule has 1 aliphatic heterocycles. The van der Waals surface area contributed by atoms with E-state index in [2.05, 4.69) is 10.1 Å². The molecule has 62 valence electrons. The first-order valence-corrected chi connectivity index (χ1v) is 3.51. The maximum Gasteiger partial charge on any atom is 0.330 e. The van der Waals surface area contributed by atoms with Gasteiger partial charge in [-0.05, 0) is 6.92 Å². The van der Waals surface area contributed by atoms with Crippen molar-refractivity contribution in [2.75, 3.05) is 7.11 Å². The molecule has 1 N–H and O–H groups in total. The Labute approximate surface area is 64.9 Å². The highest BCUT2D eigenvalue weighted by Gasteiger charge is 2.35. The molecular formula is C7H11NO3. The van der Waals surface area contributed by atoms with Gasteiger partial charge in [-0.3, -0.25) is 10.1 Å². The van der Waals surface area contributed by atoms with Gasteiger partial charge in [0.1, 0.15) is 0 Å². The predicted molar refractivity (Wildman–Crippen MR) is 38.0 cm³/mol. The van der Waals surface area contributed by atoms with Gasteiger partial charge in [0.2, 0.25) is 0 Å². The van der Waals surface area contributed by atoms with Crippen molar-refractivity contribution in [3.05, 3.63) is 0 Å². The van der Waals surface area contributed by atoms with Crippen LogP contribution in [-0.2, 0) is 14.3 Å². The summed E-state index contributed by atoms with van der Waals surface area (Å²) in [6.07, 6.45) is 0.416. The molecule has 2 unspecified atom stereocenters. The van der Waals surface area contributed by atoms with E-state index in [9.17, 15) is 9.59 Å². The van der Waals surface area contributed by atoms with Crippen molar-refractivity contribution in [1.82, 2.24) is 5.32 Å². The number of methoxy groups -OCH3 is 1. The fraction of sp³-hybridized carbons (Fsp3) is 0.714. The lowest BCUT2D eigenvalue weighted by molar-refractivity contribution is -0.145. The van der Waals surface area contributed by atoms with Gasteiger partial charge in [-0.25, -0.2) is 4.79 Å². The Kier molecular flexibility index (Phi) is 2.24. The zero-order valence-electron chi connectivity index (χ0n) is 6.59. The van der Waals surface area contributed by atoms with E-state index >= 15 is 0 Å². The third-order valence-corrected chi connectivity index (χ3v) is 1.72. The lowest BCUT2D eigenvalue weighted by Crippen LogP contribution is -2.38. The number of rotatable bonds is 1. The highest BCUT2D eigenvalue weighted by atomic mass is 16.5. The third kappa shape index (κ3) is 1.57. The van der Waals surface area contributed by atoms with Crippen LogP contribution < -0.4 is 5.32 Å². The number of nitrogens with one attached hydrogen (secondary N) is 1. The first-order chi connectivity index (χ1) is 5.15. The minimum Gasteiger partial charge on any atom is -0.468 e. The Morgan fingerprint density at radius 2 is 2.36 bits per heavy atom. The van der Waals surface area contributed by atoms with E-state index in [4.69, 9.17) is 0 Å². The smallest absolute Gasteiger partial charge is 0.330 e. The van der Waals surface area contributed by atoms with Gasteiger partial charge < -0.3 is 4.74 Å². The van der Waals surface area contributed by atoms with Crippen LogP contribution in [0, 0.1) is 0 Å². The quantitative estimate of drug-likeness (QED) is 0.411. The van der Waals surface area contributed by atoms with Crippen LogP contribution in [0.3, 0.4) is 0 Å². The van der Waals surface area contributed by atoms with Gasteiger partial charge in [0.15, 0.2) is 11.8 Å². The first kappa shape index (κ1) is 8.20. The minimum atomic E-state index is -0.727. The molecule has 4 heteroatoms. The lowest BCUT2D eigenvalue weighted by atomic mass is 10.2. The van der Waals surface area contributed by atoms with Crippen LogP contribution in [0.5, 0.6) is 0 Å². The first-order valence-electron chi connectivity index (χ1n) is 3.51. The SMILES string of the molecule is COC(=O)C1NC(C)CC1=O. The molecule has 1 saturated heterocycles. The number of esters is 1. The molecule has 11 heavy (non-hydrogen) atoms. The van der Waals surface area contributed by atoms with Crippen molar-refractivity contribution >= 4 is 11.8 Å². The van der Waals surface area contributed by atoms with Gasteiger partial charge in [-0.2, -0.15) is 0 Å². The largest absolute Gasteiger partial charge is 0.468 e. The average molecular weight is 157 g/mol. The Balaban J connectivity index is 2.60. The van der Waals surface area contributed by atoms with Gasteiger partial charge in [0.05, 0.1) is 7.11 Å². The molecule has 1 fully saturated rings. The van der Waals surface area contributed by atoms with E-state index in [-0.39, 0.29) is 11.8 Å². The molecule has 1 rings (SSSR count). The van der Waals surface area contributed by atoms with Gasteiger partial charge in [-0.15, -0.1) is 0 Å². The Morgan fingerprint density at radius 3 is 2.73 bits per heavy atom. The van der Waals surface area contributed by atoms with E-state index < -0.39 is 12.0 Å². The molecule has 0 bridgehead atoms. The van der Waals surface area contributed by atoms with Crippen LogP contribution in [0.2, 0.25) is 0 Å². The van der Waals surface area contributed by atoms with E-state index in [1.165, 1.54) is 7.11 Å². The van der Waals surface area contributed by atoms with Crippen molar-refractivity contribution in [2.45, 2.75) is 25.4 Å². The average Bonchev–Trinajstić information content (AvgIpc) is 2.28. The standard InChI is InChI=1S/C7H11NO3/c1-4-3-5(9)6(8-4)7(10)11-2/h4,6,8H,3H2,1-2H3. The maximum absolute atomic E-state index is 11.0.